The first-order valence-electron chi connectivity index (χ1n) is 9.10. The van der Waals surface area contributed by atoms with E-state index in [1.807, 2.05) is 6.07 Å². The van der Waals surface area contributed by atoms with Crippen LogP contribution in [0.3, 0.4) is 0 Å². The van der Waals surface area contributed by atoms with E-state index in [4.69, 9.17) is 17.3 Å². The number of halogens is 1. The van der Waals surface area contributed by atoms with Crippen molar-refractivity contribution in [3.8, 4) is 0 Å². The van der Waals surface area contributed by atoms with Crippen molar-refractivity contribution in [2.75, 3.05) is 0 Å². The van der Waals surface area contributed by atoms with Crippen LogP contribution in [0.2, 0.25) is 5.02 Å². The molecule has 2 heterocycles. The number of carbonyl (C=O) groups excluding carboxylic acids is 1. The van der Waals surface area contributed by atoms with Crippen molar-refractivity contribution in [2.45, 2.75) is 39.5 Å². The number of nitrogens with zero attached hydrogens (tertiary/aromatic N) is 5. The van der Waals surface area contributed by atoms with Crippen LogP contribution < -0.4 is 16.6 Å². The number of rotatable bonds is 8. The van der Waals surface area contributed by atoms with Crippen molar-refractivity contribution in [1.29, 1.82) is 0 Å². The maximum absolute atomic E-state index is 12.7. The summed E-state index contributed by atoms with van der Waals surface area (Å²) in [5, 5.41) is 11.6. The molecule has 2 aromatic heterocycles. The van der Waals surface area contributed by atoms with Crippen LogP contribution in [-0.2, 0) is 37.4 Å². The van der Waals surface area contributed by atoms with Gasteiger partial charge in [-0.1, -0.05) is 17.7 Å². The Morgan fingerprint density at radius 3 is 2.79 bits per heavy atom. The van der Waals surface area contributed by atoms with Crippen LogP contribution in [-0.4, -0.2) is 30.5 Å². The molecule has 1 amide bonds. The Morgan fingerprint density at radius 1 is 1.24 bits per heavy atom. The van der Waals surface area contributed by atoms with Gasteiger partial charge >= 0.3 is 0 Å². The van der Waals surface area contributed by atoms with Gasteiger partial charge in [-0.2, -0.15) is 10.2 Å². The zero-order valence-corrected chi connectivity index (χ0v) is 16.8. The molecule has 0 bridgehead atoms. The second-order valence-electron chi connectivity index (χ2n) is 6.56. The first kappa shape index (κ1) is 20.7. The second kappa shape index (κ2) is 9.44. The topological polar surface area (TPSA) is 121 Å². The van der Waals surface area contributed by atoms with Gasteiger partial charge in [0.15, 0.2) is 0 Å². The maximum atomic E-state index is 12.7. The van der Waals surface area contributed by atoms with Crippen LogP contribution in [0.5, 0.6) is 0 Å². The molecule has 3 N–H and O–H groups in total. The van der Waals surface area contributed by atoms with Crippen molar-refractivity contribution in [3.05, 3.63) is 74.7 Å². The highest BCUT2D eigenvalue weighted by molar-refractivity contribution is 6.30. The third-order valence-electron chi connectivity index (χ3n) is 4.57. The highest BCUT2D eigenvalue weighted by Crippen LogP contribution is 2.15. The number of aromatic nitrogens is 5. The zero-order chi connectivity index (χ0) is 20.8. The average Bonchev–Trinajstić information content (AvgIpc) is 3.22. The molecule has 0 aliphatic heterocycles. The normalized spacial score (nSPS) is 10.9. The molecule has 0 fully saturated rings. The smallest absolute Gasteiger partial charge is 0.270 e. The maximum Gasteiger partial charge on any atom is 0.270 e. The summed E-state index contributed by atoms with van der Waals surface area (Å²) in [4.78, 5) is 29.1. The summed E-state index contributed by atoms with van der Waals surface area (Å²) in [6, 6.07) is 5.38. The average molecular weight is 416 g/mol. The monoisotopic (exact) mass is 415 g/mol. The third kappa shape index (κ3) is 5.27. The predicted molar refractivity (Wildman–Crippen MR) is 108 cm³/mol. The summed E-state index contributed by atoms with van der Waals surface area (Å²) in [6.07, 6.45) is 4.56. The van der Waals surface area contributed by atoms with Crippen molar-refractivity contribution in [1.82, 2.24) is 29.9 Å². The van der Waals surface area contributed by atoms with Crippen LogP contribution in [0.15, 0.2) is 41.8 Å². The second-order valence-corrected chi connectivity index (χ2v) is 7.00. The van der Waals surface area contributed by atoms with E-state index in [-0.39, 0.29) is 24.4 Å². The fourth-order valence-electron chi connectivity index (χ4n) is 2.91. The highest BCUT2D eigenvalue weighted by Gasteiger charge is 2.14. The molecule has 10 heteroatoms. The van der Waals surface area contributed by atoms with E-state index in [0.29, 0.717) is 35.8 Å². The lowest BCUT2D eigenvalue weighted by molar-refractivity contribution is -0.120. The lowest BCUT2D eigenvalue weighted by atomic mass is 10.1. The Labute approximate surface area is 172 Å². The number of carbonyl (C=O) groups is 1. The van der Waals surface area contributed by atoms with E-state index < -0.39 is 0 Å². The number of hydrogen-bond acceptors (Lipinski definition) is 6. The van der Waals surface area contributed by atoms with Gasteiger partial charge in [0.25, 0.3) is 5.56 Å². The molecule has 0 radical (unpaired) electrons. The third-order valence-corrected chi connectivity index (χ3v) is 4.80. The fraction of sp³-hybridized carbons (Fsp3) is 0.316. The van der Waals surface area contributed by atoms with E-state index >= 15 is 0 Å². The van der Waals surface area contributed by atoms with Crippen molar-refractivity contribution in [2.24, 2.45) is 5.73 Å². The minimum Gasteiger partial charge on any atom is -0.352 e. The van der Waals surface area contributed by atoms with E-state index in [0.717, 1.165) is 11.1 Å². The van der Waals surface area contributed by atoms with Crippen LogP contribution in [0.1, 0.15) is 22.3 Å². The number of nitrogens with one attached hydrogen (secondary N) is 1. The van der Waals surface area contributed by atoms with Gasteiger partial charge in [0.1, 0.15) is 12.7 Å². The van der Waals surface area contributed by atoms with E-state index in [1.54, 1.807) is 36.3 Å². The van der Waals surface area contributed by atoms with E-state index in [2.05, 4.69) is 20.5 Å². The van der Waals surface area contributed by atoms with E-state index in [1.165, 1.54) is 11.0 Å². The van der Waals surface area contributed by atoms with Crippen molar-refractivity contribution < 1.29 is 4.79 Å². The summed E-state index contributed by atoms with van der Waals surface area (Å²) in [7, 11) is 0. The standard InChI is InChI=1S/C19H22ClN7O2/c1-13-9-24-27(5-4-26-12-22-11-25-26)19(29)17(13)7-18(28)23-10-15-6-16(20)3-2-14(15)8-21/h2-3,6,9,11-12H,4-5,7-8,10,21H2,1H3,(H,23,28). The first-order valence-corrected chi connectivity index (χ1v) is 9.47. The van der Waals surface area contributed by atoms with Gasteiger partial charge in [0.2, 0.25) is 5.91 Å². The zero-order valence-electron chi connectivity index (χ0n) is 16.0. The largest absolute Gasteiger partial charge is 0.352 e. The molecule has 1 aromatic carbocycles. The number of benzene rings is 1. The summed E-state index contributed by atoms with van der Waals surface area (Å²) < 4.78 is 2.95. The molecule has 0 unspecified atom stereocenters. The molecular weight excluding hydrogens is 394 g/mol. The molecule has 0 atom stereocenters. The van der Waals surface area contributed by atoms with Gasteiger partial charge in [0.05, 0.1) is 25.7 Å². The van der Waals surface area contributed by atoms with Gasteiger partial charge in [0, 0.05) is 23.7 Å². The van der Waals surface area contributed by atoms with Gasteiger partial charge in [-0.3, -0.25) is 14.3 Å². The number of hydrogen-bond donors (Lipinski definition) is 2. The number of nitrogens with two attached hydrogens (primary N) is 1. The van der Waals surface area contributed by atoms with Gasteiger partial charge in [-0.05, 0) is 35.7 Å². The fourth-order valence-corrected chi connectivity index (χ4v) is 3.10. The Balaban J connectivity index is 1.67. The van der Waals surface area contributed by atoms with Crippen LogP contribution in [0.4, 0.5) is 0 Å². The molecule has 0 aliphatic carbocycles. The lowest BCUT2D eigenvalue weighted by Gasteiger charge is -2.12. The van der Waals surface area contributed by atoms with Crippen molar-refractivity contribution >= 4 is 17.5 Å². The Kier molecular flexibility index (Phi) is 6.73. The van der Waals surface area contributed by atoms with Crippen LogP contribution in [0.25, 0.3) is 0 Å². The molecule has 29 heavy (non-hydrogen) atoms. The van der Waals surface area contributed by atoms with Crippen LogP contribution >= 0.6 is 11.6 Å². The van der Waals surface area contributed by atoms with Gasteiger partial charge in [-0.25, -0.2) is 9.67 Å². The minimum absolute atomic E-state index is 0.0327. The lowest BCUT2D eigenvalue weighted by Crippen LogP contribution is -2.33. The predicted octanol–water partition coefficient (Wildman–Crippen LogP) is 0.814. The summed E-state index contributed by atoms with van der Waals surface area (Å²) in [5.41, 5.74) is 8.30. The molecule has 0 aliphatic rings. The number of aryl methyl sites for hydroxylation is 3. The number of amides is 1. The molecule has 3 rings (SSSR count). The molecule has 0 saturated carbocycles. The Bertz CT molecular complexity index is 1050. The molecular formula is C19H22ClN7O2. The SMILES string of the molecule is Cc1cnn(CCn2cncn2)c(=O)c1CC(=O)NCc1cc(Cl)ccc1CN. The summed E-state index contributed by atoms with van der Waals surface area (Å²) >= 11 is 6.03. The molecule has 0 saturated heterocycles. The highest BCUT2D eigenvalue weighted by atomic mass is 35.5. The summed E-state index contributed by atoms with van der Waals surface area (Å²) in [6.45, 7) is 3.19. The van der Waals surface area contributed by atoms with Crippen LogP contribution in [0, 0.1) is 6.92 Å². The minimum atomic E-state index is -0.286. The summed E-state index contributed by atoms with van der Waals surface area (Å²) in [5.74, 6) is -0.262. The molecule has 0 spiro atoms. The Hall–Kier alpha value is -3.04. The Morgan fingerprint density at radius 2 is 2.07 bits per heavy atom. The first-order chi connectivity index (χ1) is 14.0. The van der Waals surface area contributed by atoms with E-state index in [9.17, 15) is 9.59 Å². The van der Waals surface area contributed by atoms with Gasteiger partial charge < -0.3 is 11.1 Å². The quantitative estimate of drug-likeness (QED) is 0.561. The molecule has 152 valence electrons. The molecule has 3 aromatic rings. The van der Waals surface area contributed by atoms with Crippen molar-refractivity contribution in [3.63, 3.8) is 0 Å². The van der Waals surface area contributed by atoms with Gasteiger partial charge in [-0.15, -0.1) is 0 Å². The molecule has 9 nitrogen and oxygen atoms in total.